The fraction of sp³-hybridized carbons (Fsp3) is 0.150. The first kappa shape index (κ1) is 16.8. The second-order valence-electron chi connectivity index (χ2n) is 6.18. The van der Waals surface area contributed by atoms with Crippen molar-refractivity contribution in [1.29, 1.82) is 0 Å². The summed E-state index contributed by atoms with van der Waals surface area (Å²) < 4.78 is 11.3. The van der Waals surface area contributed by atoms with E-state index in [0.29, 0.717) is 23.1 Å². The van der Waals surface area contributed by atoms with E-state index in [1.54, 1.807) is 31.2 Å². The van der Waals surface area contributed by atoms with Crippen LogP contribution in [0.3, 0.4) is 0 Å². The van der Waals surface area contributed by atoms with E-state index in [9.17, 15) is 9.59 Å². The van der Waals surface area contributed by atoms with Crippen LogP contribution in [0, 0.1) is 6.92 Å². The Hall–Kier alpha value is -3.61. The van der Waals surface area contributed by atoms with Gasteiger partial charge in [0, 0.05) is 5.56 Å². The van der Waals surface area contributed by atoms with Gasteiger partial charge in [0.05, 0.1) is 12.2 Å². The molecule has 1 aliphatic heterocycles. The molecule has 1 atom stereocenters. The molecule has 27 heavy (non-hydrogen) atoms. The molecule has 136 valence electrons. The molecule has 0 saturated carbocycles. The normalized spacial score (nSPS) is 15.7. The predicted molar refractivity (Wildman–Crippen MR) is 98.4 cm³/mol. The second-order valence-corrected chi connectivity index (χ2v) is 6.18. The molecule has 7 heteroatoms. The van der Waals surface area contributed by atoms with Crippen molar-refractivity contribution in [2.24, 2.45) is 5.73 Å². The van der Waals surface area contributed by atoms with Gasteiger partial charge >= 0.3 is 0 Å². The van der Waals surface area contributed by atoms with Gasteiger partial charge in [-0.1, -0.05) is 30.3 Å². The largest absolute Gasteiger partial charge is 0.477 e. The molecule has 0 radical (unpaired) electrons. The predicted octanol–water partition coefficient (Wildman–Crippen LogP) is 2.54. The molecule has 1 aliphatic rings. The number of carbonyl (C=O) groups is 2. The minimum atomic E-state index is -0.926. The fourth-order valence-electron chi connectivity index (χ4n) is 3.00. The topological polar surface area (TPSA) is 98.7 Å². The van der Waals surface area contributed by atoms with Crippen LogP contribution in [0.2, 0.25) is 0 Å². The Kier molecular flexibility index (Phi) is 4.12. The van der Waals surface area contributed by atoms with Crippen LogP contribution in [0.4, 0.5) is 5.69 Å². The summed E-state index contributed by atoms with van der Waals surface area (Å²) >= 11 is 0. The van der Waals surface area contributed by atoms with Crippen LogP contribution in [-0.4, -0.2) is 29.4 Å². The van der Waals surface area contributed by atoms with Crippen LogP contribution in [0.5, 0.6) is 5.75 Å². The van der Waals surface area contributed by atoms with Gasteiger partial charge in [-0.2, -0.15) is 0 Å². The van der Waals surface area contributed by atoms with Crippen LogP contribution in [0.15, 0.2) is 59.0 Å². The van der Waals surface area contributed by atoms with Crippen molar-refractivity contribution in [2.75, 3.05) is 11.4 Å². The molecule has 0 bridgehead atoms. The summed E-state index contributed by atoms with van der Waals surface area (Å²) in [6.45, 7) is 1.70. The average molecular weight is 363 g/mol. The summed E-state index contributed by atoms with van der Waals surface area (Å²) in [5.74, 6) is 0.179. The van der Waals surface area contributed by atoms with Crippen molar-refractivity contribution in [3.63, 3.8) is 0 Å². The second kappa shape index (κ2) is 6.60. The summed E-state index contributed by atoms with van der Waals surface area (Å²) in [5.41, 5.74) is 6.92. The van der Waals surface area contributed by atoms with E-state index in [0.717, 1.165) is 5.56 Å². The van der Waals surface area contributed by atoms with Gasteiger partial charge in [-0.3, -0.25) is 14.5 Å². The van der Waals surface area contributed by atoms with Crippen LogP contribution in [0.1, 0.15) is 16.2 Å². The number of aromatic nitrogens is 1. The number of nitrogens with zero attached hydrogens (tertiary/aromatic N) is 2. The zero-order valence-corrected chi connectivity index (χ0v) is 14.6. The van der Waals surface area contributed by atoms with Gasteiger partial charge in [-0.25, -0.2) is 4.98 Å². The van der Waals surface area contributed by atoms with Crippen LogP contribution in [-0.2, 0) is 4.79 Å². The number of para-hydroxylation sites is 2. The summed E-state index contributed by atoms with van der Waals surface area (Å²) in [4.78, 5) is 30.7. The first-order valence-corrected chi connectivity index (χ1v) is 8.44. The molecule has 7 nitrogen and oxygen atoms in total. The quantitative estimate of drug-likeness (QED) is 0.771. The van der Waals surface area contributed by atoms with Crippen molar-refractivity contribution in [3.05, 3.63) is 66.1 Å². The number of hydrogen-bond donors (Lipinski definition) is 1. The molecule has 0 fully saturated rings. The van der Waals surface area contributed by atoms with Crippen molar-refractivity contribution in [2.45, 2.75) is 13.0 Å². The number of benzene rings is 2. The molecule has 2 amide bonds. The highest BCUT2D eigenvalue weighted by Gasteiger charge is 2.35. The molecule has 2 N–H and O–H groups in total. The zero-order valence-electron chi connectivity index (χ0n) is 14.6. The van der Waals surface area contributed by atoms with Crippen LogP contribution < -0.4 is 15.4 Å². The van der Waals surface area contributed by atoms with Gasteiger partial charge in [0.15, 0.2) is 11.8 Å². The Balaban J connectivity index is 1.72. The third-order valence-electron chi connectivity index (χ3n) is 4.36. The Morgan fingerprint density at radius 2 is 1.81 bits per heavy atom. The lowest BCUT2D eigenvalue weighted by Gasteiger charge is -2.33. The van der Waals surface area contributed by atoms with Gasteiger partial charge in [-0.15, -0.1) is 0 Å². The highest BCUT2D eigenvalue weighted by atomic mass is 16.5. The lowest BCUT2D eigenvalue weighted by Crippen LogP contribution is -2.49. The van der Waals surface area contributed by atoms with Gasteiger partial charge in [0.25, 0.3) is 11.8 Å². The first-order valence-electron chi connectivity index (χ1n) is 8.44. The number of hydrogen-bond acceptors (Lipinski definition) is 5. The molecular weight excluding hydrogens is 346 g/mol. The summed E-state index contributed by atoms with van der Waals surface area (Å²) in [6.07, 6.45) is -0.926. The van der Waals surface area contributed by atoms with Crippen LogP contribution in [0.25, 0.3) is 11.5 Å². The molecule has 1 aromatic heterocycles. The average Bonchev–Trinajstić information content (AvgIpc) is 3.09. The first-order chi connectivity index (χ1) is 13.0. The van der Waals surface area contributed by atoms with Crippen molar-refractivity contribution in [3.8, 4) is 17.2 Å². The minimum absolute atomic E-state index is 0.0121. The number of anilines is 1. The van der Waals surface area contributed by atoms with E-state index < -0.39 is 12.0 Å². The molecule has 2 heterocycles. The van der Waals surface area contributed by atoms with E-state index in [1.807, 2.05) is 30.3 Å². The molecule has 0 spiro atoms. The molecule has 4 rings (SSSR count). The molecule has 3 aromatic rings. The smallest absolute Gasteiger partial charge is 0.280 e. The van der Waals surface area contributed by atoms with E-state index >= 15 is 0 Å². The Morgan fingerprint density at radius 3 is 2.56 bits per heavy atom. The number of primary amides is 1. The van der Waals surface area contributed by atoms with E-state index in [1.165, 1.54) is 4.90 Å². The zero-order chi connectivity index (χ0) is 19.0. The van der Waals surface area contributed by atoms with Crippen LogP contribution >= 0.6 is 0 Å². The van der Waals surface area contributed by atoms with Gasteiger partial charge in [0.2, 0.25) is 5.89 Å². The molecule has 0 saturated heterocycles. The number of oxazole rings is 1. The Bertz CT molecular complexity index is 1010. The third kappa shape index (κ3) is 3.03. The number of rotatable bonds is 3. The van der Waals surface area contributed by atoms with Crippen molar-refractivity contribution >= 4 is 17.5 Å². The number of carbonyl (C=O) groups excluding carboxylic acids is 2. The summed E-state index contributed by atoms with van der Waals surface area (Å²) in [6, 6.07) is 16.3. The molecule has 1 unspecified atom stereocenters. The SMILES string of the molecule is Cc1oc(-c2ccccc2)nc1C(=O)N1CC(C(N)=O)Oc2ccccc21. The standard InChI is InChI=1S/C20H17N3O4/c1-12-17(22-19(26-12)13-7-3-2-4-8-13)20(25)23-11-16(18(21)24)27-15-10-6-5-9-14(15)23/h2-10,16H,11H2,1H3,(H2,21,24). The maximum absolute atomic E-state index is 13.2. The van der Waals surface area contributed by atoms with Crippen molar-refractivity contribution < 1.29 is 18.7 Å². The maximum atomic E-state index is 13.2. The van der Waals surface area contributed by atoms with Gasteiger partial charge in [-0.05, 0) is 31.2 Å². The fourth-order valence-corrected chi connectivity index (χ4v) is 3.00. The van der Waals surface area contributed by atoms with Gasteiger partial charge in [0.1, 0.15) is 11.5 Å². The highest BCUT2D eigenvalue weighted by Crippen LogP contribution is 2.34. The van der Waals surface area contributed by atoms with Gasteiger partial charge < -0.3 is 14.9 Å². The molecule has 2 aromatic carbocycles. The Labute approximate surface area is 155 Å². The molecular formula is C20H17N3O4. The molecule has 0 aliphatic carbocycles. The van der Waals surface area contributed by atoms with E-state index in [4.69, 9.17) is 14.9 Å². The minimum Gasteiger partial charge on any atom is -0.477 e. The monoisotopic (exact) mass is 363 g/mol. The summed E-state index contributed by atoms with van der Waals surface area (Å²) in [5, 5.41) is 0. The lowest BCUT2D eigenvalue weighted by molar-refractivity contribution is -0.124. The third-order valence-corrected chi connectivity index (χ3v) is 4.36. The summed E-state index contributed by atoms with van der Waals surface area (Å²) in [7, 11) is 0. The van der Waals surface area contributed by atoms with Crippen molar-refractivity contribution in [1.82, 2.24) is 4.98 Å². The number of amides is 2. The maximum Gasteiger partial charge on any atom is 0.280 e. The van der Waals surface area contributed by atoms with E-state index in [2.05, 4.69) is 4.98 Å². The number of ether oxygens (including phenoxy) is 1. The van der Waals surface area contributed by atoms with E-state index in [-0.39, 0.29) is 18.1 Å². The number of aryl methyl sites for hydroxylation is 1. The number of nitrogens with two attached hydrogens (primary N) is 1. The highest BCUT2D eigenvalue weighted by molar-refractivity contribution is 6.07. The lowest BCUT2D eigenvalue weighted by atomic mass is 10.1. The Morgan fingerprint density at radius 1 is 1.11 bits per heavy atom. The number of fused-ring (bicyclic) bond motifs is 1.